The molecule has 0 radical (unpaired) electrons. The summed E-state index contributed by atoms with van der Waals surface area (Å²) in [5.74, 6) is 0.607. The summed E-state index contributed by atoms with van der Waals surface area (Å²) in [6.45, 7) is 3.94. The van der Waals surface area contributed by atoms with Crippen molar-refractivity contribution in [3.8, 4) is 0 Å². The van der Waals surface area contributed by atoms with Crippen molar-refractivity contribution in [3.63, 3.8) is 0 Å². The van der Waals surface area contributed by atoms with Gasteiger partial charge < -0.3 is 14.8 Å². The van der Waals surface area contributed by atoms with E-state index in [2.05, 4.69) is 16.0 Å². The summed E-state index contributed by atoms with van der Waals surface area (Å²) in [4.78, 5) is 51.3. The maximum absolute atomic E-state index is 12.9. The molecule has 0 bridgehead atoms. The minimum Gasteiger partial charge on any atom is -0.336 e. The lowest BCUT2D eigenvalue weighted by atomic mass is 10.1. The lowest BCUT2D eigenvalue weighted by molar-refractivity contribution is 0.370. The van der Waals surface area contributed by atoms with Gasteiger partial charge in [0.05, 0.1) is 0 Å². The number of imidazole rings is 1. The van der Waals surface area contributed by atoms with Gasteiger partial charge in [-0.15, -0.1) is 0 Å². The van der Waals surface area contributed by atoms with Crippen molar-refractivity contribution in [1.82, 2.24) is 19.1 Å². The molecule has 0 unspecified atom stereocenters. The minimum absolute atomic E-state index is 0.204. The molecule has 0 amide bonds. The van der Waals surface area contributed by atoms with Crippen molar-refractivity contribution >= 4 is 25.0 Å². The summed E-state index contributed by atoms with van der Waals surface area (Å²) in [7, 11) is -4.09. The predicted octanol–water partition coefficient (Wildman–Crippen LogP) is 2.43. The lowest BCUT2D eigenvalue weighted by Gasteiger charge is -2.09. The maximum atomic E-state index is 12.9. The number of benzene rings is 1. The summed E-state index contributed by atoms with van der Waals surface area (Å²) in [5.41, 5.74) is 1.84. The Kier molecular flexibility index (Phi) is 7.10. The normalized spacial score (nSPS) is 12.3. The number of fused-ring (bicyclic) bond motifs is 1. The van der Waals surface area contributed by atoms with Crippen LogP contribution in [0.15, 0.2) is 39.9 Å². The molecule has 3 N–H and O–H groups in total. The van der Waals surface area contributed by atoms with E-state index in [1.807, 2.05) is 25.1 Å². The van der Waals surface area contributed by atoms with Gasteiger partial charge in [-0.2, -0.15) is 0 Å². The first-order valence-corrected chi connectivity index (χ1v) is 12.0. The fourth-order valence-corrected chi connectivity index (χ4v) is 4.14. The molecule has 10 heteroatoms. The third-order valence-electron chi connectivity index (χ3n) is 4.97. The van der Waals surface area contributed by atoms with Crippen LogP contribution < -0.4 is 11.2 Å². The molecule has 1 aromatic carbocycles. The molecule has 2 aromatic heterocycles. The van der Waals surface area contributed by atoms with Gasteiger partial charge in [0.2, 0.25) is 0 Å². The van der Waals surface area contributed by atoms with E-state index in [0.29, 0.717) is 18.7 Å². The summed E-state index contributed by atoms with van der Waals surface area (Å²) < 4.78 is 13.5. The average molecular weight is 446 g/mol. The summed E-state index contributed by atoms with van der Waals surface area (Å²) in [6.07, 6.45) is 4.70. The van der Waals surface area contributed by atoms with Crippen LogP contribution in [0, 0.1) is 6.92 Å². The maximum Gasteiger partial charge on any atom is 0.336 e. The van der Waals surface area contributed by atoms with Gasteiger partial charge >= 0.3 is 13.3 Å². The molecular weight excluding hydrogens is 419 g/mol. The van der Waals surface area contributed by atoms with E-state index < -0.39 is 18.8 Å². The number of unbranched alkanes of at least 4 members (excludes halogenated alkanes) is 1. The molecule has 0 aliphatic rings. The Balaban J connectivity index is 1.93. The quantitative estimate of drug-likeness (QED) is 0.342. The molecule has 0 fully saturated rings. The number of allylic oxidation sites excluding steroid dienone is 1. The fourth-order valence-electron chi connectivity index (χ4n) is 3.50. The molecule has 0 saturated carbocycles. The van der Waals surface area contributed by atoms with E-state index >= 15 is 0 Å². The zero-order chi connectivity index (χ0) is 22.6. The van der Waals surface area contributed by atoms with Gasteiger partial charge in [0.25, 0.3) is 5.56 Å². The molecule has 0 atom stereocenters. The highest BCUT2D eigenvalue weighted by Gasteiger charge is 2.17. The third kappa shape index (κ3) is 5.70. The van der Waals surface area contributed by atoms with E-state index in [1.54, 1.807) is 13.0 Å². The molecule has 2 heterocycles. The van der Waals surface area contributed by atoms with Crippen molar-refractivity contribution < 1.29 is 14.4 Å². The zero-order valence-corrected chi connectivity index (χ0v) is 18.5. The molecule has 3 aromatic rings. The number of nitrogens with zero attached hydrogens (tertiary/aromatic N) is 3. The summed E-state index contributed by atoms with van der Waals surface area (Å²) in [6, 6.07) is 8.15. The van der Waals surface area contributed by atoms with Crippen LogP contribution in [0.5, 0.6) is 0 Å². The Morgan fingerprint density at radius 1 is 1.19 bits per heavy atom. The Bertz CT molecular complexity index is 1260. The van der Waals surface area contributed by atoms with Crippen molar-refractivity contribution in [2.24, 2.45) is 0 Å². The zero-order valence-electron chi connectivity index (χ0n) is 17.6. The van der Waals surface area contributed by atoms with E-state index in [0.717, 1.165) is 16.6 Å². The van der Waals surface area contributed by atoms with Crippen LogP contribution >= 0.6 is 7.60 Å². The van der Waals surface area contributed by atoms with Crippen LogP contribution in [0.3, 0.4) is 0 Å². The van der Waals surface area contributed by atoms with Crippen LogP contribution in [0.4, 0.5) is 0 Å². The van der Waals surface area contributed by atoms with E-state index in [4.69, 9.17) is 9.79 Å². The highest BCUT2D eigenvalue weighted by molar-refractivity contribution is 7.51. The van der Waals surface area contributed by atoms with E-state index in [1.165, 1.54) is 16.3 Å². The first-order chi connectivity index (χ1) is 14.7. The highest BCUT2D eigenvalue weighted by Crippen LogP contribution is 2.35. The number of aryl methyl sites for hydroxylation is 4. The number of aromatic nitrogens is 4. The SMILES string of the molecule is C/C=C\n1c(=O)c2[nH]c(CCc3cccc(C)c3)nc2n(CCCCP(=O)(O)O)c1=O. The minimum atomic E-state index is -4.09. The monoisotopic (exact) mass is 446 g/mol. The summed E-state index contributed by atoms with van der Waals surface area (Å²) in [5, 5.41) is 0. The first kappa shape index (κ1) is 22.9. The number of hydrogen-bond donors (Lipinski definition) is 3. The van der Waals surface area contributed by atoms with E-state index in [-0.39, 0.29) is 30.3 Å². The Labute approximate surface area is 179 Å². The van der Waals surface area contributed by atoms with Crippen molar-refractivity contribution in [1.29, 1.82) is 0 Å². The van der Waals surface area contributed by atoms with Crippen molar-refractivity contribution in [2.75, 3.05) is 6.16 Å². The van der Waals surface area contributed by atoms with Gasteiger partial charge in [-0.1, -0.05) is 35.9 Å². The second-order valence-corrected chi connectivity index (χ2v) is 9.33. The second kappa shape index (κ2) is 9.60. The van der Waals surface area contributed by atoms with Crippen LogP contribution in [0.25, 0.3) is 17.4 Å². The van der Waals surface area contributed by atoms with Gasteiger partial charge in [0.1, 0.15) is 5.82 Å². The number of nitrogens with one attached hydrogen (secondary N) is 1. The number of hydrogen-bond acceptors (Lipinski definition) is 4. The Morgan fingerprint density at radius 2 is 1.97 bits per heavy atom. The van der Waals surface area contributed by atoms with Crippen molar-refractivity contribution in [3.05, 3.63) is 68.1 Å². The summed E-state index contributed by atoms with van der Waals surface area (Å²) >= 11 is 0. The van der Waals surface area contributed by atoms with Crippen LogP contribution in [0.1, 0.15) is 36.7 Å². The Morgan fingerprint density at radius 3 is 2.65 bits per heavy atom. The van der Waals surface area contributed by atoms with Crippen molar-refractivity contribution in [2.45, 2.75) is 46.1 Å². The molecule has 0 spiro atoms. The lowest BCUT2D eigenvalue weighted by Crippen LogP contribution is -2.37. The van der Waals surface area contributed by atoms with E-state index in [9.17, 15) is 14.2 Å². The van der Waals surface area contributed by atoms with Gasteiger partial charge in [-0.3, -0.25) is 13.9 Å². The molecule has 0 aliphatic carbocycles. The second-order valence-electron chi connectivity index (χ2n) is 7.56. The van der Waals surface area contributed by atoms with Gasteiger partial charge in [0.15, 0.2) is 11.2 Å². The Hall–Kier alpha value is -2.74. The molecule has 9 nitrogen and oxygen atoms in total. The van der Waals surface area contributed by atoms with Gasteiger partial charge in [0, 0.05) is 25.3 Å². The fraction of sp³-hybridized carbons (Fsp3) is 0.381. The smallest absolute Gasteiger partial charge is 0.336 e. The average Bonchev–Trinajstić information content (AvgIpc) is 3.12. The molecular formula is C21H27N4O5P. The molecule has 166 valence electrons. The highest BCUT2D eigenvalue weighted by atomic mass is 31.2. The predicted molar refractivity (Wildman–Crippen MR) is 120 cm³/mol. The van der Waals surface area contributed by atoms with Crippen LogP contribution in [-0.4, -0.2) is 35.1 Å². The first-order valence-electron chi connectivity index (χ1n) is 10.2. The number of H-pyrrole nitrogens is 1. The molecule has 0 aliphatic heterocycles. The number of aromatic amines is 1. The number of rotatable bonds is 9. The molecule has 3 rings (SSSR count). The molecule has 0 saturated heterocycles. The topological polar surface area (TPSA) is 130 Å². The standard InChI is InChI=1S/C21H27N4O5P/c1-3-11-25-20(26)18-19(24(21(25)27)12-4-5-13-31(28,29)30)23-17(22-18)10-9-16-8-6-7-15(2)14-16/h3,6-8,11,14H,4-5,9-10,12-13H2,1-2H3,(H,22,23)(H2,28,29,30)/b11-3-. The van der Waals surface area contributed by atoms with Crippen LogP contribution in [0.2, 0.25) is 0 Å². The largest absolute Gasteiger partial charge is 0.336 e. The third-order valence-corrected chi connectivity index (χ3v) is 5.87. The molecule has 31 heavy (non-hydrogen) atoms. The van der Waals surface area contributed by atoms with Crippen LogP contribution in [-0.2, 0) is 24.0 Å². The van der Waals surface area contributed by atoms with Gasteiger partial charge in [-0.05, 0) is 38.7 Å². The van der Waals surface area contributed by atoms with Gasteiger partial charge in [-0.25, -0.2) is 14.3 Å².